The number of methoxy groups -OCH3 is 1. The van der Waals surface area contributed by atoms with Gasteiger partial charge in [-0.2, -0.15) is 0 Å². The van der Waals surface area contributed by atoms with E-state index in [4.69, 9.17) is 9.47 Å². The lowest BCUT2D eigenvalue weighted by Crippen LogP contribution is -2.36. The van der Waals surface area contributed by atoms with Crippen LogP contribution in [0.15, 0.2) is 28.1 Å². The minimum Gasteiger partial charge on any atom is -0.493 e. The molecule has 27 heavy (non-hydrogen) atoms. The summed E-state index contributed by atoms with van der Waals surface area (Å²) in [6.45, 7) is 4.58. The van der Waals surface area contributed by atoms with Gasteiger partial charge in [-0.05, 0) is 72.0 Å². The molecule has 4 rings (SSSR count). The number of hydrogen-bond donors (Lipinski definition) is 0. The molecular weight excluding hydrogens is 428 g/mol. The third kappa shape index (κ3) is 4.00. The standard InChI is InChI=1S/C20H23BrN2O3S/c1-25-17-13-15(4-5-16(17)26-11-10-22-7-2-3-8-22)23-9-6-14-12-18(21)27-19(14)20(23)24/h4-5,12-13H,2-3,6-11H2,1H3. The number of hydrogen-bond acceptors (Lipinski definition) is 5. The summed E-state index contributed by atoms with van der Waals surface area (Å²) in [6.07, 6.45) is 3.42. The van der Waals surface area contributed by atoms with Gasteiger partial charge in [0.05, 0.1) is 15.8 Å². The van der Waals surface area contributed by atoms with Crippen molar-refractivity contribution in [2.75, 3.05) is 44.8 Å². The van der Waals surface area contributed by atoms with Crippen molar-refractivity contribution in [2.45, 2.75) is 19.3 Å². The van der Waals surface area contributed by atoms with E-state index in [2.05, 4.69) is 20.8 Å². The molecule has 1 saturated heterocycles. The quantitative estimate of drug-likeness (QED) is 0.661. The molecule has 0 unspecified atom stereocenters. The number of carbonyl (C=O) groups excluding carboxylic acids is 1. The number of ether oxygens (including phenoxy) is 2. The monoisotopic (exact) mass is 450 g/mol. The molecule has 0 aliphatic carbocycles. The number of benzene rings is 1. The zero-order chi connectivity index (χ0) is 18.8. The number of fused-ring (bicyclic) bond motifs is 1. The van der Waals surface area contributed by atoms with Gasteiger partial charge in [0.25, 0.3) is 5.91 Å². The Bertz CT molecular complexity index is 833. The number of rotatable bonds is 6. The van der Waals surface area contributed by atoms with Gasteiger partial charge in [-0.15, -0.1) is 11.3 Å². The van der Waals surface area contributed by atoms with E-state index in [1.807, 2.05) is 29.2 Å². The highest BCUT2D eigenvalue weighted by atomic mass is 79.9. The Labute approximate surface area is 172 Å². The fraction of sp³-hybridized carbons (Fsp3) is 0.450. The van der Waals surface area contributed by atoms with Crippen LogP contribution in [0, 0.1) is 0 Å². The Balaban J connectivity index is 1.47. The van der Waals surface area contributed by atoms with Crippen LogP contribution >= 0.6 is 27.3 Å². The molecule has 3 heterocycles. The molecule has 1 fully saturated rings. The summed E-state index contributed by atoms with van der Waals surface area (Å²) in [5, 5.41) is 0. The second-order valence-electron chi connectivity index (χ2n) is 6.84. The largest absolute Gasteiger partial charge is 0.493 e. The lowest BCUT2D eigenvalue weighted by atomic mass is 10.1. The van der Waals surface area contributed by atoms with Crippen LogP contribution < -0.4 is 14.4 Å². The zero-order valence-corrected chi connectivity index (χ0v) is 17.8. The third-order valence-corrected chi connectivity index (χ3v) is 6.81. The fourth-order valence-corrected chi connectivity index (χ4v) is 5.35. The summed E-state index contributed by atoms with van der Waals surface area (Å²) >= 11 is 4.98. The highest BCUT2D eigenvalue weighted by molar-refractivity contribution is 9.11. The topological polar surface area (TPSA) is 42.0 Å². The molecule has 0 atom stereocenters. The Morgan fingerprint density at radius 2 is 1.96 bits per heavy atom. The van der Waals surface area contributed by atoms with E-state index in [0.29, 0.717) is 18.9 Å². The molecule has 2 aliphatic rings. The SMILES string of the molecule is COc1cc(N2CCc3cc(Br)sc3C2=O)ccc1OCCN1CCCC1. The second kappa shape index (κ2) is 8.20. The van der Waals surface area contributed by atoms with Gasteiger partial charge in [0.1, 0.15) is 6.61 Å². The minimum atomic E-state index is 0.0525. The van der Waals surface area contributed by atoms with Crippen LogP contribution in [0.5, 0.6) is 11.5 Å². The number of carbonyl (C=O) groups is 1. The van der Waals surface area contributed by atoms with Crippen molar-refractivity contribution in [2.24, 2.45) is 0 Å². The molecule has 1 aromatic carbocycles. The summed E-state index contributed by atoms with van der Waals surface area (Å²) in [4.78, 5) is 17.9. The van der Waals surface area contributed by atoms with Gasteiger partial charge in [-0.25, -0.2) is 0 Å². The van der Waals surface area contributed by atoms with E-state index in [-0.39, 0.29) is 5.91 Å². The molecular formula is C20H23BrN2O3S. The van der Waals surface area contributed by atoms with Crippen molar-refractivity contribution in [3.05, 3.63) is 38.5 Å². The molecule has 0 spiro atoms. The van der Waals surface area contributed by atoms with Crippen molar-refractivity contribution in [3.63, 3.8) is 0 Å². The van der Waals surface area contributed by atoms with Gasteiger partial charge < -0.3 is 14.4 Å². The Morgan fingerprint density at radius 3 is 2.74 bits per heavy atom. The van der Waals surface area contributed by atoms with Crippen molar-refractivity contribution >= 4 is 38.9 Å². The molecule has 0 bridgehead atoms. The minimum absolute atomic E-state index is 0.0525. The second-order valence-corrected chi connectivity index (χ2v) is 9.28. The number of likely N-dealkylation sites (tertiary alicyclic amines) is 1. The van der Waals surface area contributed by atoms with Gasteiger partial charge in [-0.3, -0.25) is 9.69 Å². The van der Waals surface area contributed by atoms with Crippen LogP contribution in [-0.2, 0) is 6.42 Å². The van der Waals surface area contributed by atoms with Gasteiger partial charge >= 0.3 is 0 Å². The third-order valence-electron chi connectivity index (χ3n) is 5.15. The Morgan fingerprint density at radius 1 is 1.15 bits per heavy atom. The van der Waals surface area contributed by atoms with Crippen molar-refractivity contribution in [1.29, 1.82) is 0 Å². The number of halogens is 1. The van der Waals surface area contributed by atoms with E-state index in [9.17, 15) is 4.79 Å². The predicted molar refractivity (Wildman–Crippen MR) is 112 cm³/mol. The van der Waals surface area contributed by atoms with E-state index in [1.54, 1.807) is 7.11 Å². The first-order chi connectivity index (χ1) is 13.2. The lowest BCUT2D eigenvalue weighted by Gasteiger charge is -2.27. The highest BCUT2D eigenvalue weighted by Gasteiger charge is 2.28. The number of nitrogens with zero attached hydrogens (tertiary/aromatic N) is 2. The zero-order valence-electron chi connectivity index (χ0n) is 15.4. The van der Waals surface area contributed by atoms with Crippen LogP contribution in [0.1, 0.15) is 28.1 Å². The first-order valence-electron chi connectivity index (χ1n) is 9.29. The van der Waals surface area contributed by atoms with E-state index in [0.717, 1.165) is 51.7 Å². The van der Waals surface area contributed by atoms with Crippen LogP contribution in [-0.4, -0.2) is 50.7 Å². The normalized spacial score (nSPS) is 17.3. The Kier molecular flexibility index (Phi) is 5.71. The number of thiophene rings is 1. The summed E-state index contributed by atoms with van der Waals surface area (Å²) in [6, 6.07) is 7.80. The molecule has 7 heteroatoms. The predicted octanol–water partition coefficient (Wildman–Crippen LogP) is 4.20. The van der Waals surface area contributed by atoms with Gasteiger partial charge in [0.15, 0.2) is 11.5 Å². The highest BCUT2D eigenvalue weighted by Crippen LogP contribution is 2.36. The molecule has 2 aromatic rings. The molecule has 0 radical (unpaired) electrons. The van der Waals surface area contributed by atoms with Crippen LogP contribution in [0.25, 0.3) is 0 Å². The molecule has 1 amide bonds. The van der Waals surface area contributed by atoms with Crippen molar-refractivity contribution < 1.29 is 14.3 Å². The smallest absolute Gasteiger partial charge is 0.268 e. The van der Waals surface area contributed by atoms with Crippen LogP contribution in [0.4, 0.5) is 5.69 Å². The van der Waals surface area contributed by atoms with Crippen LogP contribution in [0.2, 0.25) is 0 Å². The summed E-state index contributed by atoms with van der Waals surface area (Å²) in [7, 11) is 1.64. The van der Waals surface area contributed by atoms with Gasteiger partial charge in [0, 0.05) is 24.8 Å². The average molecular weight is 451 g/mol. The first kappa shape index (κ1) is 18.8. The Hall–Kier alpha value is -1.57. The molecule has 1 aromatic heterocycles. The fourth-order valence-electron chi connectivity index (χ4n) is 3.70. The average Bonchev–Trinajstić information content (AvgIpc) is 3.32. The van der Waals surface area contributed by atoms with E-state index in [1.165, 1.54) is 24.2 Å². The van der Waals surface area contributed by atoms with Crippen molar-refractivity contribution in [3.8, 4) is 11.5 Å². The summed E-state index contributed by atoms with van der Waals surface area (Å²) in [5.74, 6) is 1.45. The maximum atomic E-state index is 12.9. The first-order valence-corrected chi connectivity index (χ1v) is 10.9. The van der Waals surface area contributed by atoms with Gasteiger partial charge in [0.2, 0.25) is 0 Å². The van der Waals surface area contributed by atoms with Crippen molar-refractivity contribution in [1.82, 2.24) is 4.90 Å². The summed E-state index contributed by atoms with van der Waals surface area (Å²) < 4.78 is 12.5. The molecule has 0 saturated carbocycles. The maximum absolute atomic E-state index is 12.9. The van der Waals surface area contributed by atoms with Crippen LogP contribution in [0.3, 0.4) is 0 Å². The van der Waals surface area contributed by atoms with Gasteiger partial charge in [-0.1, -0.05) is 0 Å². The number of anilines is 1. The number of amides is 1. The molecule has 2 aliphatic heterocycles. The molecule has 5 nitrogen and oxygen atoms in total. The molecule has 0 N–H and O–H groups in total. The maximum Gasteiger partial charge on any atom is 0.268 e. The lowest BCUT2D eigenvalue weighted by molar-refractivity contribution is 0.0985. The molecule has 144 valence electrons. The summed E-state index contributed by atoms with van der Waals surface area (Å²) in [5.41, 5.74) is 1.97. The van der Waals surface area contributed by atoms with E-state index >= 15 is 0 Å². The van der Waals surface area contributed by atoms with E-state index < -0.39 is 0 Å².